The molecule has 0 saturated carbocycles. The molecular weight excluding hydrogens is 338 g/mol. The molecule has 0 aliphatic heterocycles. The van der Waals surface area contributed by atoms with Gasteiger partial charge in [-0.1, -0.05) is 56.0 Å². The second kappa shape index (κ2) is 10.6. The predicted molar refractivity (Wildman–Crippen MR) is 102 cm³/mol. The molecule has 2 rings (SSSR count). The highest BCUT2D eigenvalue weighted by Gasteiger charge is 2.06. The monoisotopic (exact) mass is 361 g/mol. The molecule has 4 nitrogen and oxygen atoms in total. The van der Waals surface area contributed by atoms with Crippen LogP contribution in [0.4, 0.5) is 5.69 Å². The van der Waals surface area contributed by atoms with Crippen LogP contribution in [-0.4, -0.2) is 19.1 Å². The summed E-state index contributed by atoms with van der Waals surface area (Å²) >= 11 is 6.00. The van der Waals surface area contributed by atoms with Crippen molar-refractivity contribution in [1.82, 2.24) is 0 Å². The Kier molecular flexibility index (Phi) is 8.13. The van der Waals surface area contributed by atoms with Crippen molar-refractivity contribution in [2.75, 3.05) is 18.5 Å². The number of benzene rings is 2. The van der Waals surface area contributed by atoms with E-state index in [0.29, 0.717) is 23.1 Å². The van der Waals surface area contributed by atoms with E-state index in [-0.39, 0.29) is 12.5 Å². The summed E-state index contributed by atoms with van der Waals surface area (Å²) in [7, 11) is 0. The normalized spacial score (nSPS) is 10.3. The number of rotatable bonds is 10. The number of unbranched alkanes of at least 4 members (excludes halogenated alkanes) is 3. The number of ether oxygens (including phenoxy) is 2. The van der Waals surface area contributed by atoms with Gasteiger partial charge in [-0.15, -0.1) is 0 Å². The molecule has 0 spiro atoms. The van der Waals surface area contributed by atoms with Crippen LogP contribution in [0.1, 0.15) is 32.6 Å². The Balaban J connectivity index is 1.78. The van der Waals surface area contributed by atoms with Crippen LogP contribution in [0.3, 0.4) is 0 Å². The summed E-state index contributed by atoms with van der Waals surface area (Å²) in [6.45, 7) is 2.77. The number of hydrogen-bond donors (Lipinski definition) is 1. The van der Waals surface area contributed by atoms with Gasteiger partial charge in [0.25, 0.3) is 5.91 Å². The first-order valence-electron chi connectivity index (χ1n) is 8.59. The molecule has 134 valence electrons. The van der Waals surface area contributed by atoms with E-state index >= 15 is 0 Å². The molecule has 0 fully saturated rings. The average molecular weight is 362 g/mol. The number of para-hydroxylation sites is 1. The van der Waals surface area contributed by atoms with Gasteiger partial charge < -0.3 is 14.8 Å². The van der Waals surface area contributed by atoms with Gasteiger partial charge in [0.15, 0.2) is 6.61 Å². The van der Waals surface area contributed by atoms with Crippen molar-refractivity contribution in [3.05, 3.63) is 53.6 Å². The summed E-state index contributed by atoms with van der Waals surface area (Å²) in [5.41, 5.74) is 0.679. The minimum atomic E-state index is -0.250. The molecule has 2 aromatic rings. The van der Waals surface area contributed by atoms with Crippen LogP contribution in [0.25, 0.3) is 0 Å². The number of carbonyl (C=O) groups excluding carboxylic acids is 1. The minimum Gasteiger partial charge on any atom is -0.494 e. The van der Waals surface area contributed by atoms with Crippen LogP contribution in [0, 0.1) is 0 Å². The number of anilines is 1. The summed E-state index contributed by atoms with van der Waals surface area (Å²) in [6.07, 6.45) is 4.64. The van der Waals surface area contributed by atoms with E-state index in [4.69, 9.17) is 21.1 Å². The average Bonchev–Trinajstić information content (AvgIpc) is 2.61. The van der Waals surface area contributed by atoms with E-state index < -0.39 is 0 Å². The number of halogens is 1. The third-order valence-electron chi connectivity index (χ3n) is 3.58. The summed E-state index contributed by atoms with van der Waals surface area (Å²) in [4.78, 5) is 12.0. The molecule has 1 amide bonds. The van der Waals surface area contributed by atoms with Gasteiger partial charge in [0.05, 0.1) is 11.6 Å². The lowest BCUT2D eigenvalue weighted by Gasteiger charge is -2.10. The zero-order valence-electron chi connectivity index (χ0n) is 14.5. The molecule has 0 saturated heterocycles. The van der Waals surface area contributed by atoms with Crippen molar-refractivity contribution in [3.63, 3.8) is 0 Å². The lowest BCUT2D eigenvalue weighted by atomic mass is 10.2. The second-order valence-corrected chi connectivity index (χ2v) is 6.11. The van der Waals surface area contributed by atoms with Gasteiger partial charge >= 0.3 is 0 Å². The van der Waals surface area contributed by atoms with Crippen molar-refractivity contribution in [2.24, 2.45) is 0 Å². The maximum atomic E-state index is 12.0. The SMILES string of the molecule is CCCCCCOc1cccc(NC(=O)COc2ccccc2Cl)c1. The molecule has 0 atom stereocenters. The molecular formula is C20H24ClNO3. The molecule has 0 unspecified atom stereocenters. The molecule has 0 heterocycles. The van der Waals surface area contributed by atoms with Gasteiger partial charge in [0.2, 0.25) is 0 Å². The van der Waals surface area contributed by atoms with Gasteiger partial charge in [0.1, 0.15) is 11.5 Å². The van der Waals surface area contributed by atoms with Crippen molar-refractivity contribution < 1.29 is 14.3 Å². The Labute approximate surface area is 154 Å². The molecule has 1 N–H and O–H groups in total. The first-order valence-corrected chi connectivity index (χ1v) is 8.97. The fraction of sp³-hybridized carbons (Fsp3) is 0.350. The van der Waals surface area contributed by atoms with Crippen LogP contribution in [-0.2, 0) is 4.79 Å². The molecule has 5 heteroatoms. The summed E-state index contributed by atoms with van der Waals surface area (Å²) < 4.78 is 11.1. The van der Waals surface area contributed by atoms with Gasteiger partial charge in [-0.05, 0) is 30.7 Å². The quantitative estimate of drug-likeness (QED) is 0.583. The van der Waals surface area contributed by atoms with Crippen molar-refractivity contribution in [1.29, 1.82) is 0 Å². The summed E-state index contributed by atoms with van der Waals surface area (Å²) in [5.74, 6) is 0.991. The highest BCUT2D eigenvalue weighted by atomic mass is 35.5. The largest absolute Gasteiger partial charge is 0.494 e. The fourth-order valence-electron chi connectivity index (χ4n) is 2.28. The maximum absolute atomic E-state index is 12.0. The third-order valence-corrected chi connectivity index (χ3v) is 3.89. The van der Waals surface area contributed by atoms with E-state index in [1.807, 2.05) is 30.3 Å². The van der Waals surface area contributed by atoms with E-state index in [0.717, 1.165) is 12.2 Å². The van der Waals surface area contributed by atoms with Crippen LogP contribution in [0.15, 0.2) is 48.5 Å². The predicted octanol–water partition coefficient (Wildman–Crippen LogP) is 5.32. The van der Waals surface area contributed by atoms with E-state index in [1.165, 1.54) is 19.3 Å². The Morgan fingerprint density at radius 1 is 1.04 bits per heavy atom. The number of hydrogen-bond acceptors (Lipinski definition) is 3. The Morgan fingerprint density at radius 2 is 1.88 bits per heavy atom. The zero-order valence-corrected chi connectivity index (χ0v) is 15.2. The molecule has 0 aliphatic carbocycles. The molecule has 0 radical (unpaired) electrons. The van der Waals surface area contributed by atoms with Gasteiger partial charge in [-0.3, -0.25) is 4.79 Å². The van der Waals surface area contributed by atoms with Crippen molar-refractivity contribution in [2.45, 2.75) is 32.6 Å². The van der Waals surface area contributed by atoms with E-state index in [2.05, 4.69) is 12.2 Å². The Hall–Kier alpha value is -2.20. The Morgan fingerprint density at radius 3 is 2.68 bits per heavy atom. The number of amides is 1. The van der Waals surface area contributed by atoms with Crippen LogP contribution in [0.5, 0.6) is 11.5 Å². The molecule has 0 bridgehead atoms. The minimum absolute atomic E-state index is 0.105. The molecule has 2 aromatic carbocycles. The topological polar surface area (TPSA) is 47.6 Å². The molecule has 25 heavy (non-hydrogen) atoms. The fourth-order valence-corrected chi connectivity index (χ4v) is 2.47. The maximum Gasteiger partial charge on any atom is 0.262 e. The summed E-state index contributed by atoms with van der Waals surface area (Å²) in [5, 5.41) is 3.28. The van der Waals surface area contributed by atoms with Gasteiger partial charge in [-0.25, -0.2) is 0 Å². The van der Waals surface area contributed by atoms with E-state index in [1.54, 1.807) is 18.2 Å². The van der Waals surface area contributed by atoms with Crippen LogP contribution in [0.2, 0.25) is 5.02 Å². The standard InChI is InChI=1S/C20H24ClNO3/c1-2-3-4-7-13-24-17-10-8-9-16(14-17)22-20(23)15-25-19-12-6-5-11-18(19)21/h5-6,8-12,14H,2-4,7,13,15H2,1H3,(H,22,23). The smallest absolute Gasteiger partial charge is 0.262 e. The summed E-state index contributed by atoms with van der Waals surface area (Å²) in [6, 6.07) is 14.4. The lowest BCUT2D eigenvalue weighted by molar-refractivity contribution is -0.118. The highest BCUT2D eigenvalue weighted by Crippen LogP contribution is 2.23. The van der Waals surface area contributed by atoms with Gasteiger partial charge in [0, 0.05) is 11.8 Å². The van der Waals surface area contributed by atoms with Gasteiger partial charge in [-0.2, -0.15) is 0 Å². The zero-order chi connectivity index (χ0) is 17.9. The third kappa shape index (κ3) is 7.06. The van der Waals surface area contributed by atoms with Crippen LogP contribution < -0.4 is 14.8 Å². The molecule has 0 aliphatic rings. The van der Waals surface area contributed by atoms with Crippen molar-refractivity contribution in [3.8, 4) is 11.5 Å². The van der Waals surface area contributed by atoms with E-state index in [9.17, 15) is 4.79 Å². The lowest BCUT2D eigenvalue weighted by Crippen LogP contribution is -2.20. The first kappa shape index (κ1) is 19.1. The highest BCUT2D eigenvalue weighted by molar-refractivity contribution is 6.32. The first-order chi connectivity index (χ1) is 12.2. The number of nitrogens with one attached hydrogen (secondary N) is 1. The molecule has 0 aromatic heterocycles. The number of carbonyl (C=O) groups is 1. The Bertz CT molecular complexity index is 675. The van der Waals surface area contributed by atoms with Crippen molar-refractivity contribution >= 4 is 23.2 Å². The van der Waals surface area contributed by atoms with Crippen LogP contribution >= 0.6 is 11.6 Å². The second-order valence-electron chi connectivity index (χ2n) is 5.70.